The van der Waals surface area contributed by atoms with Crippen molar-refractivity contribution in [3.8, 4) is 44.5 Å². The van der Waals surface area contributed by atoms with E-state index in [1.165, 1.54) is 11.1 Å². The summed E-state index contributed by atoms with van der Waals surface area (Å²) in [5, 5.41) is 4.47. The van der Waals surface area contributed by atoms with Crippen LogP contribution in [-0.4, -0.2) is 0 Å². The summed E-state index contributed by atoms with van der Waals surface area (Å²) >= 11 is 0. The van der Waals surface area contributed by atoms with Gasteiger partial charge in [-0.25, -0.2) is 0 Å². The molecule has 0 saturated carbocycles. The third-order valence-electron chi connectivity index (χ3n) is 11.1. The van der Waals surface area contributed by atoms with Crippen LogP contribution in [0.5, 0.6) is 0 Å². The van der Waals surface area contributed by atoms with Crippen molar-refractivity contribution in [2.24, 2.45) is 0 Å². The van der Waals surface area contributed by atoms with Crippen LogP contribution in [0.2, 0.25) is 0 Å². The molecule has 0 saturated heterocycles. The number of rotatable bonds is 7. The fourth-order valence-corrected chi connectivity index (χ4v) is 8.25. The summed E-state index contributed by atoms with van der Waals surface area (Å²) in [7, 11) is 0. The molecular formula is C54H35NO2. The topological polar surface area (TPSA) is 29.5 Å². The molecule has 11 aromatic rings. The first kappa shape index (κ1) is 32.8. The van der Waals surface area contributed by atoms with E-state index in [-0.39, 0.29) is 0 Å². The minimum Gasteiger partial charge on any atom is -0.456 e. The molecule has 0 atom stereocenters. The molecule has 0 amide bonds. The largest absolute Gasteiger partial charge is 0.456 e. The third kappa shape index (κ3) is 5.76. The van der Waals surface area contributed by atoms with Crippen molar-refractivity contribution >= 4 is 60.9 Å². The zero-order chi connectivity index (χ0) is 37.7. The van der Waals surface area contributed by atoms with Gasteiger partial charge >= 0.3 is 0 Å². The minimum atomic E-state index is 0.850. The van der Waals surface area contributed by atoms with Crippen LogP contribution < -0.4 is 4.90 Å². The van der Waals surface area contributed by atoms with Gasteiger partial charge in [0.1, 0.15) is 16.7 Å². The summed E-state index contributed by atoms with van der Waals surface area (Å²) in [5.74, 6) is 0. The van der Waals surface area contributed by atoms with E-state index in [0.717, 1.165) is 94.3 Å². The SMILES string of the molecule is c1ccc(-c2ccc(N(c3ccc(-c4ccc(-c5ccc6c(c5)oc5ccccc56)cc4)cc3)c3cccc4c3oc3c(-c5ccccc5)cccc34)cc2)cc1. The second-order valence-electron chi connectivity index (χ2n) is 14.5. The zero-order valence-electron chi connectivity index (χ0n) is 31.0. The Hall–Kier alpha value is -7.62. The van der Waals surface area contributed by atoms with Crippen molar-refractivity contribution in [2.45, 2.75) is 0 Å². The lowest BCUT2D eigenvalue weighted by Gasteiger charge is -2.26. The number of para-hydroxylation sites is 3. The van der Waals surface area contributed by atoms with Gasteiger partial charge in [-0.2, -0.15) is 0 Å². The molecule has 0 spiro atoms. The summed E-state index contributed by atoms with van der Waals surface area (Å²) in [5.41, 5.74) is 15.8. The number of furan rings is 2. The van der Waals surface area contributed by atoms with E-state index in [4.69, 9.17) is 8.83 Å². The Bertz CT molecular complexity index is 3200. The highest BCUT2D eigenvalue weighted by atomic mass is 16.3. The van der Waals surface area contributed by atoms with Crippen molar-refractivity contribution < 1.29 is 8.83 Å². The van der Waals surface area contributed by atoms with E-state index in [9.17, 15) is 0 Å². The highest BCUT2D eigenvalue weighted by Crippen LogP contribution is 2.45. The smallest absolute Gasteiger partial charge is 0.159 e. The predicted molar refractivity (Wildman–Crippen MR) is 237 cm³/mol. The number of fused-ring (bicyclic) bond motifs is 6. The Kier molecular flexibility index (Phi) is 7.82. The summed E-state index contributed by atoms with van der Waals surface area (Å²) in [6, 6.07) is 75.0. The second-order valence-corrected chi connectivity index (χ2v) is 14.5. The zero-order valence-corrected chi connectivity index (χ0v) is 31.0. The van der Waals surface area contributed by atoms with Crippen LogP contribution in [0.1, 0.15) is 0 Å². The fourth-order valence-electron chi connectivity index (χ4n) is 8.25. The van der Waals surface area contributed by atoms with Crippen molar-refractivity contribution in [3.05, 3.63) is 212 Å². The molecule has 0 aliphatic rings. The molecule has 0 radical (unpaired) electrons. The summed E-state index contributed by atoms with van der Waals surface area (Å²) in [6.07, 6.45) is 0. The molecule has 9 aromatic carbocycles. The second kappa shape index (κ2) is 13.6. The highest BCUT2D eigenvalue weighted by molar-refractivity contribution is 6.13. The molecule has 3 nitrogen and oxygen atoms in total. The van der Waals surface area contributed by atoms with Crippen molar-refractivity contribution in [1.82, 2.24) is 0 Å². The van der Waals surface area contributed by atoms with Crippen molar-refractivity contribution in [1.29, 1.82) is 0 Å². The lowest BCUT2D eigenvalue weighted by Crippen LogP contribution is -2.10. The lowest BCUT2D eigenvalue weighted by molar-refractivity contribution is 0.669. The van der Waals surface area contributed by atoms with E-state index >= 15 is 0 Å². The number of anilines is 3. The highest BCUT2D eigenvalue weighted by Gasteiger charge is 2.21. The molecule has 268 valence electrons. The minimum absolute atomic E-state index is 0.850. The molecule has 2 heterocycles. The molecule has 0 N–H and O–H groups in total. The van der Waals surface area contributed by atoms with Gasteiger partial charge in [0, 0.05) is 38.5 Å². The summed E-state index contributed by atoms with van der Waals surface area (Å²) in [6.45, 7) is 0. The molecule has 0 aliphatic heterocycles. The van der Waals surface area contributed by atoms with Crippen molar-refractivity contribution in [3.63, 3.8) is 0 Å². The number of hydrogen-bond acceptors (Lipinski definition) is 3. The van der Waals surface area contributed by atoms with Crippen LogP contribution in [0.25, 0.3) is 88.4 Å². The summed E-state index contributed by atoms with van der Waals surface area (Å²) in [4.78, 5) is 2.31. The van der Waals surface area contributed by atoms with Crippen LogP contribution in [0, 0.1) is 0 Å². The van der Waals surface area contributed by atoms with E-state index in [0.29, 0.717) is 0 Å². The number of benzene rings is 9. The van der Waals surface area contributed by atoms with Crippen LogP contribution in [-0.2, 0) is 0 Å². The van der Waals surface area contributed by atoms with Crippen LogP contribution in [0.15, 0.2) is 221 Å². The number of nitrogens with zero attached hydrogens (tertiary/aromatic N) is 1. The van der Waals surface area contributed by atoms with Crippen molar-refractivity contribution in [2.75, 3.05) is 4.90 Å². The molecule has 57 heavy (non-hydrogen) atoms. The third-order valence-corrected chi connectivity index (χ3v) is 11.1. The van der Waals surface area contributed by atoms with Gasteiger partial charge in [0.2, 0.25) is 0 Å². The first-order chi connectivity index (χ1) is 28.2. The van der Waals surface area contributed by atoms with E-state index < -0.39 is 0 Å². The first-order valence-electron chi connectivity index (χ1n) is 19.3. The molecule has 0 aliphatic carbocycles. The van der Waals surface area contributed by atoms with E-state index in [1.807, 2.05) is 18.2 Å². The Morgan fingerprint density at radius 1 is 0.281 bits per heavy atom. The molecule has 2 aromatic heterocycles. The maximum atomic E-state index is 6.92. The molecule has 0 fully saturated rings. The average molecular weight is 730 g/mol. The summed E-state index contributed by atoms with van der Waals surface area (Å²) < 4.78 is 13.1. The average Bonchev–Trinajstić information content (AvgIpc) is 3.86. The molecule has 0 unspecified atom stereocenters. The maximum Gasteiger partial charge on any atom is 0.159 e. The standard InChI is InChI=1S/C54H35NO2/c1-3-11-36(12-4-1)38-25-30-43(31-26-38)55(50-19-10-18-49-48-17-9-16-45(53(48)57-54(49)50)41-13-5-2-6-14-41)44-32-27-39(28-33-44)37-21-23-40(24-22-37)42-29-34-47-46-15-7-8-20-51(46)56-52(47)35-42/h1-35H. The maximum absolute atomic E-state index is 6.92. The van der Waals surface area contributed by atoms with Gasteiger partial charge in [0.15, 0.2) is 5.58 Å². The Labute approximate surface area is 330 Å². The number of hydrogen-bond donors (Lipinski definition) is 0. The van der Waals surface area contributed by atoms with Gasteiger partial charge in [-0.15, -0.1) is 0 Å². The van der Waals surface area contributed by atoms with Gasteiger partial charge < -0.3 is 13.7 Å². The van der Waals surface area contributed by atoms with Gasteiger partial charge in [0.05, 0.1) is 5.69 Å². The normalized spacial score (nSPS) is 11.5. The molecule has 11 rings (SSSR count). The van der Waals surface area contributed by atoms with Gasteiger partial charge in [-0.3, -0.25) is 0 Å². The molecule has 0 bridgehead atoms. The van der Waals surface area contributed by atoms with E-state index in [1.54, 1.807) is 0 Å². The quantitative estimate of drug-likeness (QED) is 0.164. The van der Waals surface area contributed by atoms with Gasteiger partial charge in [-0.1, -0.05) is 164 Å². The van der Waals surface area contributed by atoms with Crippen LogP contribution >= 0.6 is 0 Å². The molecular weight excluding hydrogens is 695 g/mol. The van der Waals surface area contributed by atoms with Gasteiger partial charge in [0.25, 0.3) is 0 Å². The lowest BCUT2D eigenvalue weighted by atomic mass is 9.99. The Balaban J connectivity index is 0.978. The monoisotopic (exact) mass is 729 g/mol. The van der Waals surface area contributed by atoms with Crippen LogP contribution in [0.4, 0.5) is 17.1 Å². The van der Waals surface area contributed by atoms with Crippen LogP contribution in [0.3, 0.4) is 0 Å². The molecule has 3 heteroatoms. The Morgan fingerprint density at radius 3 is 1.42 bits per heavy atom. The Morgan fingerprint density at radius 2 is 0.754 bits per heavy atom. The fraction of sp³-hybridized carbons (Fsp3) is 0. The van der Waals surface area contributed by atoms with Gasteiger partial charge in [-0.05, 0) is 87.5 Å². The first-order valence-corrected chi connectivity index (χ1v) is 19.3. The predicted octanol–water partition coefficient (Wildman–Crippen LogP) is 15.6. The van der Waals surface area contributed by atoms with E-state index in [2.05, 4.69) is 199 Å².